The molecule has 2 aromatic carbocycles. The normalized spacial score (nSPS) is 16.6. The van der Waals surface area contributed by atoms with Crippen molar-refractivity contribution in [3.05, 3.63) is 59.7 Å². The summed E-state index contributed by atoms with van der Waals surface area (Å²) in [5.74, 6) is -0.703. The lowest BCUT2D eigenvalue weighted by atomic mass is 10.1. The third-order valence-electron chi connectivity index (χ3n) is 7.25. The molecule has 39 heavy (non-hydrogen) atoms. The van der Waals surface area contributed by atoms with E-state index in [1.165, 1.54) is 0 Å². The summed E-state index contributed by atoms with van der Waals surface area (Å²) in [4.78, 5) is 59.4. The van der Waals surface area contributed by atoms with Crippen LogP contribution in [0.2, 0.25) is 0 Å². The summed E-state index contributed by atoms with van der Waals surface area (Å²) in [6, 6.07) is 14.0. The summed E-state index contributed by atoms with van der Waals surface area (Å²) in [5.41, 5.74) is 1.89. The minimum Gasteiger partial charge on any atom is -0.336 e. The molecule has 10 heteroatoms. The number of carbonyl (C=O) groups is 4. The average molecular weight is 535 g/mol. The van der Waals surface area contributed by atoms with Gasteiger partial charge in [0.15, 0.2) is 0 Å². The van der Waals surface area contributed by atoms with Crippen molar-refractivity contribution in [1.82, 2.24) is 19.6 Å². The number of nitrogens with zero attached hydrogens (tertiary/aromatic N) is 4. The van der Waals surface area contributed by atoms with Crippen LogP contribution in [0.1, 0.15) is 40.0 Å². The first-order valence-electron chi connectivity index (χ1n) is 13.5. The van der Waals surface area contributed by atoms with Gasteiger partial charge in [0, 0.05) is 65.2 Å². The number of benzene rings is 2. The van der Waals surface area contributed by atoms with Gasteiger partial charge < -0.3 is 30.2 Å². The maximum Gasteiger partial charge on any atom is 0.256 e. The molecule has 4 amide bonds. The third-order valence-corrected chi connectivity index (χ3v) is 7.25. The van der Waals surface area contributed by atoms with E-state index >= 15 is 0 Å². The second-order valence-corrected chi connectivity index (χ2v) is 10.2. The summed E-state index contributed by atoms with van der Waals surface area (Å²) >= 11 is 0. The minimum absolute atomic E-state index is 0.0943. The van der Waals surface area contributed by atoms with Gasteiger partial charge in [0.2, 0.25) is 11.8 Å². The van der Waals surface area contributed by atoms with Gasteiger partial charge in [-0.15, -0.1) is 0 Å². The Morgan fingerprint density at radius 2 is 0.949 bits per heavy atom. The van der Waals surface area contributed by atoms with E-state index in [9.17, 15) is 19.2 Å². The standard InChI is InChI=1S/C29H38N6O4/c1-32-14-18-34(19-15-32)28(38)22-8-3-5-10-24(22)30-26(36)12-7-13-27(37)31-25-11-6-4-9-23(25)29(39)35-20-16-33(2)17-21-35/h3-6,8-11H,7,12-21H2,1-2H3,(H,30,36)(H,31,37). The molecule has 0 radical (unpaired) electrons. The Balaban J connectivity index is 1.27. The lowest BCUT2D eigenvalue weighted by Crippen LogP contribution is -2.47. The lowest BCUT2D eigenvalue weighted by molar-refractivity contribution is -0.117. The number of rotatable bonds is 8. The second-order valence-electron chi connectivity index (χ2n) is 10.2. The molecule has 208 valence electrons. The topological polar surface area (TPSA) is 105 Å². The minimum atomic E-state index is -0.257. The fourth-order valence-electron chi connectivity index (χ4n) is 4.75. The van der Waals surface area contributed by atoms with E-state index in [0.717, 1.165) is 26.2 Å². The number of para-hydroxylation sites is 2. The molecule has 2 aliphatic heterocycles. The fraction of sp³-hybridized carbons (Fsp3) is 0.448. The number of amides is 4. The molecule has 2 fully saturated rings. The highest BCUT2D eigenvalue weighted by Crippen LogP contribution is 2.20. The zero-order chi connectivity index (χ0) is 27.8. The first-order chi connectivity index (χ1) is 18.8. The molecular formula is C29H38N6O4. The van der Waals surface area contributed by atoms with Gasteiger partial charge in [-0.3, -0.25) is 19.2 Å². The Labute approximate surface area is 229 Å². The molecule has 0 aromatic heterocycles. The SMILES string of the molecule is CN1CCN(C(=O)c2ccccc2NC(=O)CCCC(=O)Nc2ccccc2C(=O)N2CCN(C)CC2)CC1. The van der Waals surface area contributed by atoms with Crippen molar-refractivity contribution in [1.29, 1.82) is 0 Å². The Morgan fingerprint density at radius 1 is 0.590 bits per heavy atom. The molecular weight excluding hydrogens is 496 g/mol. The van der Waals surface area contributed by atoms with Crippen LogP contribution in [-0.2, 0) is 9.59 Å². The highest BCUT2D eigenvalue weighted by Gasteiger charge is 2.24. The van der Waals surface area contributed by atoms with Crippen LogP contribution >= 0.6 is 0 Å². The van der Waals surface area contributed by atoms with E-state index in [1.54, 1.807) is 48.5 Å². The molecule has 2 aliphatic rings. The number of anilines is 2. The first kappa shape index (κ1) is 28.3. The number of nitrogens with one attached hydrogen (secondary N) is 2. The van der Waals surface area contributed by atoms with Crippen molar-refractivity contribution in [2.45, 2.75) is 19.3 Å². The summed E-state index contributed by atoms with van der Waals surface area (Å²) in [6.45, 7) is 5.86. The summed E-state index contributed by atoms with van der Waals surface area (Å²) in [7, 11) is 4.06. The molecule has 0 atom stereocenters. The van der Waals surface area contributed by atoms with Crippen molar-refractivity contribution >= 4 is 35.0 Å². The van der Waals surface area contributed by atoms with Crippen LogP contribution < -0.4 is 10.6 Å². The molecule has 4 rings (SSSR count). The van der Waals surface area contributed by atoms with Crippen LogP contribution in [0.5, 0.6) is 0 Å². The molecule has 2 heterocycles. The number of hydrogen-bond acceptors (Lipinski definition) is 6. The average Bonchev–Trinajstić information content (AvgIpc) is 2.94. The van der Waals surface area contributed by atoms with Crippen molar-refractivity contribution < 1.29 is 19.2 Å². The Bertz CT molecular complexity index is 1090. The lowest BCUT2D eigenvalue weighted by Gasteiger charge is -2.32. The monoisotopic (exact) mass is 534 g/mol. The maximum absolute atomic E-state index is 13.1. The second kappa shape index (κ2) is 13.3. The van der Waals surface area contributed by atoms with Crippen LogP contribution in [0.3, 0.4) is 0 Å². The quantitative estimate of drug-likeness (QED) is 0.538. The third kappa shape index (κ3) is 7.64. The van der Waals surface area contributed by atoms with Crippen LogP contribution in [0.25, 0.3) is 0 Å². The molecule has 0 aliphatic carbocycles. The molecule has 2 aromatic rings. The number of likely N-dealkylation sites (N-methyl/N-ethyl adjacent to an activating group) is 2. The molecule has 2 N–H and O–H groups in total. The van der Waals surface area contributed by atoms with E-state index in [2.05, 4.69) is 20.4 Å². The van der Waals surface area contributed by atoms with Crippen LogP contribution in [0.4, 0.5) is 11.4 Å². The van der Waals surface area contributed by atoms with Gasteiger partial charge in [0.05, 0.1) is 22.5 Å². The zero-order valence-corrected chi connectivity index (χ0v) is 22.8. The molecule has 0 unspecified atom stereocenters. The van der Waals surface area contributed by atoms with Gasteiger partial charge in [0.1, 0.15) is 0 Å². The summed E-state index contributed by atoms with van der Waals surface area (Å²) in [6.07, 6.45) is 0.597. The highest BCUT2D eigenvalue weighted by atomic mass is 16.2. The van der Waals surface area contributed by atoms with Gasteiger partial charge in [-0.05, 0) is 44.8 Å². The van der Waals surface area contributed by atoms with Crippen molar-refractivity contribution in [2.75, 3.05) is 77.1 Å². The number of piperazine rings is 2. The maximum atomic E-state index is 13.1. The van der Waals surface area contributed by atoms with Crippen molar-refractivity contribution in [2.24, 2.45) is 0 Å². The zero-order valence-electron chi connectivity index (χ0n) is 22.8. The van der Waals surface area contributed by atoms with Gasteiger partial charge in [0.25, 0.3) is 11.8 Å². The highest BCUT2D eigenvalue weighted by molar-refractivity contribution is 6.05. The smallest absolute Gasteiger partial charge is 0.256 e. The molecule has 0 saturated carbocycles. The fourth-order valence-corrected chi connectivity index (χ4v) is 4.75. The van der Waals surface area contributed by atoms with E-state index in [4.69, 9.17) is 0 Å². The van der Waals surface area contributed by atoms with E-state index in [-0.39, 0.29) is 36.5 Å². The Kier molecular flexibility index (Phi) is 9.67. The largest absolute Gasteiger partial charge is 0.336 e. The first-order valence-corrected chi connectivity index (χ1v) is 13.5. The summed E-state index contributed by atoms with van der Waals surface area (Å²) in [5, 5.41) is 5.69. The van der Waals surface area contributed by atoms with Crippen molar-refractivity contribution in [3.8, 4) is 0 Å². The predicted octanol–water partition coefficient (Wildman–Crippen LogP) is 2.21. The number of carbonyl (C=O) groups excluding carboxylic acids is 4. The Morgan fingerprint density at radius 3 is 1.33 bits per heavy atom. The van der Waals surface area contributed by atoms with E-state index in [1.807, 2.05) is 23.9 Å². The molecule has 0 bridgehead atoms. The molecule has 2 saturated heterocycles. The Hall–Kier alpha value is -3.76. The van der Waals surface area contributed by atoms with E-state index < -0.39 is 0 Å². The van der Waals surface area contributed by atoms with Gasteiger partial charge in [-0.2, -0.15) is 0 Å². The molecule has 0 spiro atoms. The van der Waals surface area contributed by atoms with Crippen LogP contribution in [-0.4, -0.2) is 110 Å². The molecule has 10 nitrogen and oxygen atoms in total. The van der Waals surface area contributed by atoms with Gasteiger partial charge in [-0.1, -0.05) is 24.3 Å². The van der Waals surface area contributed by atoms with Crippen molar-refractivity contribution in [3.63, 3.8) is 0 Å². The van der Waals surface area contributed by atoms with Gasteiger partial charge in [-0.25, -0.2) is 0 Å². The predicted molar refractivity (Wildman–Crippen MR) is 151 cm³/mol. The number of hydrogen-bond donors (Lipinski definition) is 2. The summed E-state index contributed by atoms with van der Waals surface area (Å²) < 4.78 is 0. The van der Waals surface area contributed by atoms with Gasteiger partial charge >= 0.3 is 0 Å². The van der Waals surface area contributed by atoms with Crippen LogP contribution in [0, 0.1) is 0 Å². The van der Waals surface area contributed by atoms with E-state index in [0.29, 0.717) is 55.1 Å². The van der Waals surface area contributed by atoms with Crippen LogP contribution in [0.15, 0.2) is 48.5 Å².